The van der Waals surface area contributed by atoms with Crippen LogP contribution in [0.5, 0.6) is 5.75 Å². The van der Waals surface area contributed by atoms with E-state index in [1.165, 1.54) is 23.6 Å². The van der Waals surface area contributed by atoms with Gasteiger partial charge in [0.05, 0.1) is 19.3 Å². The maximum absolute atomic E-state index is 11.6. The molecule has 3 aliphatic rings. The fourth-order valence-corrected chi connectivity index (χ4v) is 5.26. The van der Waals surface area contributed by atoms with E-state index in [9.17, 15) is 4.79 Å². The van der Waals surface area contributed by atoms with E-state index >= 15 is 0 Å². The number of H-pyrrole nitrogens is 1. The summed E-state index contributed by atoms with van der Waals surface area (Å²) in [4.78, 5) is 17.8. The molecular weight excluding hydrogens is 356 g/mol. The Morgan fingerprint density at radius 1 is 1.36 bits per heavy atom. The fraction of sp³-hybridized carbons (Fsp3) is 0.500. The summed E-state index contributed by atoms with van der Waals surface area (Å²) in [6.45, 7) is 5.56. The molecule has 2 aromatic rings. The predicted octanol–water partition coefficient (Wildman–Crippen LogP) is 3.54. The average molecular weight is 382 g/mol. The highest BCUT2D eigenvalue weighted by molar-refractivity contribution is 5.86. The molecule has 6 heteroatoms. The number of hydrogen-bond donors (Lipinski definition) is 1. The lowest BCUT2D eigenvalue weighted by Gasteiger charge is -2.49. The molecule has 5 rings (SSSR count). The van der Waals surface area contributed by atoms with Crippen molar-refractivity contribution in [1.82, 2.24) is 9.88 Å². The van der Waals surface area contributed by atoms with Crippen LogP contribution in [0.2, 0.25) is 0 Å². The molecule has 0 saturated carbocycles. The number of benzene rings is 1. The molecule has 0 radical (unpaired) electrons. The maximum Gasteiger partial charge on any atom is 0.307 e. The van der Waals surface area contributed by atoms with Crippen LogP contribution < -0.4 is 4.74 Å². The van der Waals surface area contributed by atoms with Crippen LogP contribution in [-0.2, 0) is 20.7 Å². The third-order valence-electron chi connectivity index (χ3n) is 6.64. The minimum Gasteiger partial charge on any atom is -0.497 e. The number of nitrogens with zero attached hydrogens (tertiary/aromatic N) is 1. The van der Waals surface area contributed by atoms with Crippen LogP contribution in [-0.4, -0.2) is 42.2 Å². The van der Waals surface area contributed by atoms with Crippen molar-refractivity contribution in [2.24, 2.45) is 11.8 Å². The van der Waals surface area contributed by atoms with Gasteiger partial charge in [-0.1, -0.05) is 0 Å². The van der Waals surface area contributed by atoms with Gasteiger partial charge in [0.1, 0.15) is 17.8 Å². The molecule has 0 bridgehead atoms. The number of carbonyl (C=O) groups excluding carboxylic acids is 1. The second-order valence-electron chi connectivity index (χ2n) is 8.15. The Morgan fingerprint density at radius 2 is 2.21 bits per heavy atom. The minimum atomic E-state index is -0.285. The molecule has 148 valence electrons. The van der Waals surface area contributed by atoms with Crippen molar-refractivity contribution >= 4 is 16.9 Å². The Hall–Kier alpha value is -2.47. The molecule has 0 aliphatic carbocycles. The number of nitrogens with one attached hydrogen (secondary N) is 1. The molecule has 4 atom stereocenters. The molecule has 1 saturated heterocycles. The van der Waals surface area contributed by atoms with Gasteiger partial charge in [0.15, 0.2) is 0 Å². The van der Waals surface area contributed by atoms with Crippen LogP contribution in [0.3, 0.4) is 0 Å². The zero-order valence-electron chi connectivity index (χ0n) is 16.5. The van der Waals surface area contributed by atoms with E-state index in [2.05, 4.69) is 28.9 Å². The van der Waals surface area contributed by atoms with Gasteiger partial charge in [-0.15, -0.1) is 0 Å². The van der Waals surface area contributed by atoms with E-state index in [1.807, 2.05) is 6.07 Å². The summed E-state index contributed by atoms with van der Waals surface area (Å²) in [5, 5.41) is 1.29. The zero-order valence-corrected chi connectivity index (χ0v) is 16.5. The summed E-state index contributed by atoms with van der Waals surface area (Å²) in [6.07, 6.45) is 3.74. The van der Waals surface area contributed by atoms with E-state index in [0.717, 1.165) is 37.2 Å². The standard InChI is InChI=1S/C22H26N2O4/c1-12-18-10-24-7-6-16-15-5-4-14(26-3)8-19(15)23-22(16)20(24)9-17(18)21(11-27-12)28-13(2)25/h4-5,8,11-12,17-18,20,23H,6-7,9-10H2,1-3H3/t12-,17-,18?,20-/m1/s1. The van der Waals surface area contributed by atoms with Gasteiger partial charge in [-0.05, 0) is 37.5 Å². The summed E-state index contributed by atoms with van der Waals surface area (Å²) in [5.74, 6) is 1.79. The minimum absolute atomic E-state index is 0.124. The first-order chi connectivity index (χ1) is 13.5. The largest absolute Gasteiger partial charge is 0.497 e. The Labute approximate surface area is 164 Å². The Bertz CT molecular complexity index is 963. The quantitative estimate of drug-likeness (QED) is 0.805. The van der Waals surface area contributed by atoms with Gasteiger partial charge in [-0.2, -0.15) is 0 Å². The number of allylic oxidation sites excluding steroid dienone is 1. The molecule has 6 nitrogen and oxygen atoms in total. The van der Waals surface area contributed by atoms with E-state index in [4.69, 9.17) is 14.2 Å². The molecule has 28 heavy (non-hydrogen) atoms. The lowest BCUT2D eigenvalue weighted by Crippen LogP contribution is -2.51. The molecule has 3 aliphatic heterocycles. The van der Waals surface area contributed by atoms with Gasteiger partial charge < -0.3 is 19.2 Å². The first-order valence-electron chi connectivity index (χ1n) is 10.0. The monoisotopic (exact) mass is 382 g/mol. The Morgan fingerprint density at radius 3 is 3.00 bits per heavy atom. The van der Waals surface area contributed by atoms with Crippen molar-refractivity contribution in [2.45, 2.75) is 38.8 Å². The third kappa shape index (κ3) is 2.70. The van der Waals surface area contributed by atoms with Crippen molar-refractivity contribution in [3.8, 4) is 5.75 Å². The fourth-order valence-electron chi connectivity index (χ4n) is 5.26. The number of carbonyl (C=O) groups is 1. The molecular formula is C22H26N2O4. The second kappa shape index (κ2) is 6.55. The van der Waals surface area contributed by atoms with Crippen LogP contribution in [0.4, 0.5) is 0 Å². The molecule has 1 aromatic heterocycles. The first kappa shape index (κ1) is 17.6. The van der Waals surface area contributed by atoms with Crippen LogP contribution in [0.25, 0.3) is 10.9 Å². The van der Waals surface area contributed by atoms with Gasteiger partial charge in [0.2, 0.25) is 0 Å². The Balaban J connectivity index is 1.52. The second-order valence-corrected chi connectivity index (χ2v) is 8.15. The van der Waals surface area contributed by atoms with Crippen molar-refractivity contribution < 1.29 is 19.0 Å². The zero-order chi connectivity index (χ0) is 19.4. The summed E-state index contributed by atoms with van der Waals surface area (Å²) in [7, 11) is 1.70. The van der Waals surface area contributed by atoms with Crippen molar-refractivity contribution in [3.63, 3.8) is 0 Å². The summed E-state index contributed by atoms with van der Waals surface area (Å²) < 4.78 is 16.7. The van der Waals surface area contributed by atoms with Crippen molar-refractivity contribution in [3.05, 3.63) is 41.5 Å². The van der Waals surface area contributed by atoms with Gasteiger partial charge >= 0.3 is 5.97 Å². The highest BCUT2D eigenvalue weighted by Gasteiger charge is 2.46. The van der Waals surface area contributed by atoms with Gasteiger partial charge in [0.25, 0.3) is 0 Å². The van der Waals surface area contributed by atoms with E-state index in [1.54, 1.807) is 13.4 Å². The summed E-state index contributed by atoms with van der Waals surface area (Å²) >= 11 is 0. The van der Waals surface area contributed by atoms with Crippen molar-refractivity contribution in [2.75, 3.05) is 20.2 Å². The highest BCUT2D eigenvalue weighted by atomic mass is 16.6. The molecule has 1 aromatic carbocycles. The van der Waals surface area contributed by atoms with Gasteiger partial charge in [0, 0.05) is 54.5 Å². The lowest BCUT2D eigenvalue weighted by molar-refractivity contribution is -0.141. The lowest BCUT2D eigenvalue weighted by atomic mass is 9.74. The molecule has 1 unspecified atom stereocenters. The number of aromatic amines is 1. The molecule has 0 spiro atoms. The average Bonchev–Trinajstić information content (AvgIpc) is 3.07. The topological polar surface area (TPSA) is 63.8 Å². The normalized spacial score (nSPS) is 29.2. The number of esters is 1. The predicted molar refractivity (Wildman–Crippen MR) is 105 cm³/mol. The number of piperidine rings is 1. The van der Waals surface area contributed by atoms with E-state index < -0.39 is 0 Å². The number of ether oxygens (including phenoxy) is 3. The van der Waals surface area contributed by atoms with Gasteiger partial charge in [-0.3, -0.25) is 9.69 Å². The highest BCUT2D eigenvalue weighted by Crippen LogP contribution is 2.47. The van der Waals surface area contributed by atoms with Crippen LogP contribution in [0, 0.1) is 11.8 Å². The van der Waals surface area contributed by atoms with Crippen LogP contribution in [0.1, 0.15) is 37.6 Å². The van der Waals surface area contributed by atoms with Crippen LogP contribution >= 0.6 is 0 Å². The molecule has 1 fully saturated rings. The van der Waals surface area contributed by atoms with Crippen molar-refractivity contribution in [1.29, 1.82) is 0 Å². The van der Waals surface area contributed by atoms with E-state index in [0.29, 0.717) is 17.7 Å². The number of fused-ring (bicyclic) bond motifs is 6. The summed E-state index contributed by atoms with van der Waals surface area (Å²) in [6, 6.07) is 6.56. The Kier molecular flexibility index (Phi) is 4.12. The molecule has 4 heterocycles. The SMILES string of the molecule is COc1ccc2c3c([nH]c2c1)[C@H]1C[C@H]2C(OC(C)=O)=CO[C@H](C)C2CN1CC3. The van der Waals surface area contributed by atoms with Crippen LogP contribution in [0.15, 0.2) is 30.2 Å². The van der Waals surface area contributed by atoms with Gasteiger partial charge in [-0.25, -0.2) is 0 Å². The summed E-state index contributed by atoms with van der Waals surface area (Å²) in [5.41, 5.74) is 3.84. The number of rotatable bonds is 2. The first-order valence-corrected chi connectivity index (χ1v) is 10.0. The number of aromatic nitrogens is 1. The number of hydrogen-bond acceptors (Lipinski definition) is 5. The smallest absolute Gasteiger partial charge is 0.307 e. The maximum atomic E-state index is 11.6. The molecule has 1 N–H and O–H groups in total. The molecule has 0 amide bonds. The third-order valence-corrected chi connectivity index (χ3v) is 6.64. The van der Waals surface area contributed by atoms with E-state index in [-0.39, 0.29) is 18.0 Å². The number of methoxy groups -OCH3 is 1.